The molecule has 0 spiro atoms. The SMILES string of the molecule is NCCc1c(Cl)cccc1OCC1CCCC1. The molecule has 1 aliphatic carbocycles. The monoisotopic (exact) mass is 253 g/mol. The van der Waals surface area contributed by atoms with E-state index in [1.165, 1.54) is 25.7 Å². The van der Waals surface area contributed by atoms with E-state index in [1.807, 2.05) is 18.2 Å². The zero-order chi connectivity index (χ0) is 12.1. The summed E-state index contributed by atoms with van der Waals surface area (Å²) in [6, 6.07) is 5.83. The number of halogens is 1. The maximum atomic E-state index is 6.17. The van der Waals surface area contributed by atoms with Crippen molar-refractivity contribution in [3.8, 4) is 5.75 Å². The topological polar surface area (TPSA) is 35.2 Å². The van der Waals surface area contributed by atoms with E-state index in [9.17, 15) is 0 Å². The highest BCUT2D eigenvalue weighted by Gasteiger charge is 2.16. The Morgan fingerprint density at radius 2 is 2.06 bits per heavy atom. The first-order valence-corrected chi connectivity index (χ1v) is 6.79. The van der Waals surface area contributed by atoms with Crippen LogP contribution >= 0.6 is 11.6 Å². The van der Waals surface area contributed by atoms with Crippen LogP contribution in [0.15, 0.2) is 18.2 Å². The minimum Gasteiger partial charge on any atom is -0.493 e. The maximum absolute atomic E-state index is 6.17. The van der Waals surface area contributed by atoms with Gasteiger partial charge in [0.15, 0.2) is 0 Å². The fourth-order valence-electron chi connectivity index (χ4n) is 2.45. The summed E-state index contributed by atoms with van der Waals surface area (Å²) in [5, 5.41) is 0.763. The summed E-state index contributed by atoms with van der Waals surface area (Å²) in [6.45, 7) is 1.42. The van der Waals surface area contributed by atoms with Gasteiger partial charge in [-0.3, -0.25) is 0 Å². The van der Waals surface area contributed by atoms with Crippen LogP contribution in [-0.2, 0) is 6.42 Å². The summed E-state index contributed by atoms with van der Waals surface area (Å²) in [5.41, 5.74) is 6.65. The number of benzene rings is 1. The molecule has 1 aliphatic rings. The van der Waals surface area contributed by atoms with Gasteiger partial charge in [-0.1, -0.05) is 30.5 Å². The molecule has 1 aromatic carbocycles. The number of hydrogen-bond donors (Lipinski definition) is 1. The maximum Gasteiger partial charge on any atom is 0.124 e. The molecule has 0 unspecified atom stereocenters. The molecule has 0 radical (unpaired) electrons. The van der Waals surface area contributed by atoms with Crippen LogP contribution in [0.3, 0.4) is 0 Å². The highest BCUT2D eigenvalue weighted by Crippen LogP contribution is 2.29. The van der Waals surface area contributed by atoms with E-state index in [-0.39, 0.29) is 0 Å². The molecule has 0 amide bonds. The predicted octanol–water partition coefficient (Wildman–Crippen LogP) is 3.41. The highest BCUT2D eigenvalue weighted by molar-refractivity contribution is 6.31. The van der Waals surface area contributed by atoms with Gasteiger partial charge in [0.05, 0.1) is 6.61 Å². The van der Waals surface area contributed by atoms with Gasteiger partial charge in [0.25, 0.3) is 0 Å². The first-order chi connectivity index (χ1) is 8.31. The van der Waals surface area contributed by atoms with Crippen molar-refractivity contribution >= 4 is 11.6 Å². The molecular weight excluding hydrogens is 234 g/mol. The molecule has 2 N–H and O–H groups in total. The van der Waals surface area contributed by atoms with Gasteiger partial charge in [0.2, 0.25) is 0 Å². The molecular formula is C14H20ClNO. The molecule has 0 saturated heterocycles. The molecule has 0 aliphatic heterocycles. The van der Waals surface area contributed by atoms with E-state index in [4.69, 9.17) is 22.1 Å². The lowest BCUT2D eigenvalue weighted by Crippen LogP contribution is -2.11. The van der Waals surface area contributed by atoms with E-state index in [0.717, 1.165) is 35.3 Å². The van der Waals surface area contributed by atoms with Crippen molar-refractivity contribution in [3.63, 3.8) is 0 Å². The zero-order valence-electron chi connectivity index (χ0n) is 10.1. The normalized spacial score (nSPS) is 16.4. The summed E-state index contributed by atoms with van der Waals surface area (Å²) in [6.07, 6.45) is 6.07. The summed E-state index contributed by atoms with van der Waals surface area (Å²) >= 11 is 6.17. The molecule has 1 fully saturated rings. The first kappa shape index (κ1) is 12.7. The van der Waals surface area contributed by atoms with Gasteiger partial charge in [0, 0.05) is 10.6 Å². The Morgan fingerprint density at radius 1 is 1.29 bits per heavy atom. The molecule has 2 rings (SSSR count). The highest BCUT2D eigenvalue weighted by atomic mass is 35.5. The summed E-state index contributed by atoms with van der Waals surface area (Å²) < 4.78 is 5.91. The second-order valence-corrected chi connectivity index (χ2v) is 5.12. The molecule has 17 heavy (non-hydrogen) atoms. The van der Waals surface area contributed by atoms with Crippen LogP contribution in [0.4, 0.5) is 0 Å². The predicted molar refractivity (Wildman–Crippen MR) is 71.7 cm³/mol. The number of ether oxygens (including phenoxy) is 1. The summed E-state index contributed by atoms with van der Waals surface area (Å²) in [7, 11) is 0. The number of hydrogen-bond acceptors (Lipinski definition) is 2. The standard InChI is InChI=1S/C14H20ClNO/c15-13-6-3-7-14(12(13)8-9-16)17-10-11-4-1-2-5-11/h3,6-7,11H,1-2,4-5,8-10,16H2. The third kappa shape index (κ3) is 3.36. The quantitative estimate of drug-likeness (QED) is 0.873. The Labute approximate surface area is 108 Å². The third-order valence-corrected chi connectivity index (χ3v) is 3.77. The van der Waals surface area contributed by atoms with Crippen LogP contribution in [-0.4, -0.2) is 13.2 Å². The fourth-order valence-corrected chi connectivity index (χ4v) is 2.71. The molecule has 1 aromatic rings. The molecule has 0 aromatic heterocycles. The molecule has 1 saturated carbocycles. The van der Waals surface area contributed by atoms with E-state index >= 15 is 0 Å². The van der Waals surface area contributed by atoms with Crippen molar-refractivity contribution in [2.75, 3.05) is 13.2 Å². The Bertz CT molecular complexity index is 361. The van der Waals surface area contributed by atoms with Crippen LogP contribution in [0, 0.1) is 5.92 Å². The van der Waals surface area contributed by atoms with Crippen LogP contribution < -0.4 is 10.5 Å². The zero-order valence-corrected chi connectivity index (χ0v) is 10.9. The molecule has 3 heteroatoms. The van der Waals surface area contributed by atoms with Crippen LogP contribution in [0.2, 0.25) is 5.02 Å². The van der Waals surface area contributed by atoms with Crippen molar-refractivity contribution in [3.05, 3.63) is 28.8 Å². The van der Waals surface area contributed by atoms with Crippen LogP contribution in [0.5, 0.6) is 5.75 Å². The van der Waals surface area contributed by atoms with Gasteiger partial charge < -0.3 is 10.5 Å². The van der Waals surface area contributed by atoms with Crippen molar-refractivity contribution in [1.29, 1.82) is 0 Å². The van der Waals surface area contributed by atoms with Crippen LogP contribution in [0.25, 0.3) is 0 Å². The fraction of sp³-hybridized carbons (Fsp3) is 0.571. The van der Waals surface area contributed by atoms with Crippen molar-refractivity contribution < 1.29 is 4.74 Å². The smallest absolute Gasteiger partial charge is 0.124 e. The van der Waals surface area contributed by atoms with Crippen LogP contribution in [0.1, 0.15) is 31.2 Å². The van der Waals surface area contributed by atoms with Gasteiger partial charge in [0.1, 0.15) is 5.75 Å². The van der Waals surface area contributed by atoms with E-state index in [2.05, 4.69) is 0 Å². The second kappa shape index (κ2) is 6.27. The lowest BCUT2D eigenvalue weighted by Gasteiger charge is -2.15. The van der Waals surface area contributed by atoms with E-state index < -0.39 is 0 Å². The van der Waals surface area contributed by atoms with Crippen molar-refractivity contribution in [2.45, 2.75) is 32.1 Å². The van der Waals surface area contributed by atoms with E-state index in [1.54, 1.807) is 0 Å². The first-order valence-electron chi connectivity index (χ1n) is 6.41. The largest absolute Gasteiger partial charge is 0.493 e. The lowest BCUT2D eigenvalue weighted by atomic mass is 10.1. The Hall–Kier alpha value is -0.730. The molecule has 0 atom stereocenters. The van der Waals surface area contributed by atoms with Gasteiger partial charge in [-0.2, -0.15) is 0 Å². The molecule has 0 bridgehead atoms. The number of rotatable bonds is 5. The molecule has 2 nitrogen and oxygen atoms in total. The minimum absolute atomic E-state index is 0.601. The van der Waals surface area contributed by atoms with Gasteiger partial charge >= 0.3 is 0 Å². The minimum atomic E-state index is 0.601. The number of nitrogens with two attached hydrogens (primary N) is 1. The third-order valence-electron chi connectivity index (χ3n) is 3.42. The molecule has 94 valence electrons. The Morgan fingerprint density at radius 3 is 2.76 bits per heavy atom. The van der Waals surface area contributed by atoms with Crippen molar-refractivity contribution in [2.24, 2.45) is 11.7 Å². The van der Waals surface area contributed by atoms with Gasteiger partial charge in [-0.15, -0.1) is 0 Å². The van der Waals surface area contributed by atoms with Gasteiger partial charge in [-0.05, 0) is 43.9 Å². The summed E-state index contributed by atoms with van der Waals surface area (Å²) in [4.78, 5) is 0. The average molecular weight is 254 g/mol. The summed E-state index contributed by atoms with van der Waals surface area (Å²) in [5.74, 6) is 1.63. The average Bonchev–Trinajstić information content (AvgIpc) is 2.83. The van der Waals surface area contributed by atoms with Gasteiger partial charge in [-0.25, -0.2) is 0 Å². The Balaban J connectivity index is 2.00. The second-order valence-electron chi connectivity index (χ2n) is 4.72. The molecule has 0 heterocycles. The van der Waals surface area contributed by atoms with Crippen molar-refractivity contribution in [1.82, 2.24) is 0 Å². The Kier molecular flexibility index (Phi) is 4.69. The lowest BCUT2D eigenvalue weighted by molar-refractivity contribution is 0.250. The van der Waals surface area contributed by atoms with E-state index in [0.29, 0.717) is 6.54 Å².